The summed E-state index contributed by atoms with van der Waals surface area (Å²) in [5, 5.41) is 22.0. The highest BCUT2D eigenvalue weighted by molar-refractivity contribution is 5.83. The summed E-state index contributed by atoms with van der Waals surface area (Å²) >= 11 is 0. The molecular weight excluding hydrogens is 242 g/mol. The number of urea groups is 1. The normalized spacial score (nSPS) is 13.3. The van der Waals surface area contributed by atoms with Gasteiger partial charge in [0.15, 0.2) is 6.04 Å². The monoisotopic (exact) mass is 261 g/mol. The molecule has 0 bridgehead atoms. The molecule has 3 amide bonds. The molecular formula is C10H19N3O5. The van der Waals surface area contributed by atoms with Crippen molar-refractivity contribution in [1.29, 1.82) is 0 Å². The summed E-state index contributed by atoms with van der Waals surface area (Å²) < 4.78 is 0. The number of amides is 3. The maximum absolute atomic E-state index is 11.6. The minimum absolute atomic E-state index is 0.142. The number of carboxylic acid groups (broad SMARTS) is 1. The molecule has 0 heterocycles. The van der Waals surface area contributed by atoms with Crippen LogP contribution in [0, 0.1) is 5.92 Å². The van der Waals surface area contributed by atoms with Crippen molar-refractivity contribution in [2.75, 3.05) is 27.2 Å². The first kappa shape index (κ1) is 16.2. The molecule has 18 heavy (non-hydrogen) atoms. The van der Waals surface area contributed by atoms with Crippen LogP contribution < -0.4 is 10.6 Å². The topological polar surface area (TPSA) is 119 Å². The highest BCUT2D eigenvalue weighted by Crippen LogP contribution is 1.99. The lowest BCUT2D eigenvalue weighted by Gasteiger charge is -2.22. The summed E-state index contributed by atoms with van der Waals surface area (Å²) in [7, 11) is 2.93. The number of carboxylic acids is 1. The highest BCUT2D eigenvalue weighted by atomic mass is 16.4. The molecule has 0 aliphatic carbocycles. The summed E-state index contributed by atoms with van der Waals surface area (Å²) in [5.41, 5.74) is 0. The van der Waals surface area contributed by atoms with E-state index < -0.39 is 30.6 Å². The number of carbonyl (C=O) groups is 3. The largest absolute Gasteiger partial charge is 0.480 e. The molecule has 0 radical (unpaired) electrons. The fourth-order valence-corrected chi connectivity index (χ4v) is 1.27. The summed E-state index contributed by atoms with van der Waals surface area (Å²) in [6, 6.07) is -2.01. The molecule has 0 aromatic heterocycles. The van der Waals surface area contributed by atoms with Gasteiger partial charge in [0.1, 0.15) is 0 Å². The van der Waals surface area contributed by atoms with Crippen LogP contribution in [0.2, 0.25) is 0 Å². The maximum atomic E-state index is 11.6. The molecule has 104 valence electrons. The molecule has 0 aliphatic heterocycles. The van der Waals surface area contributed by atoms with Crippen molar-refractivity contribution < 1.29 is 24.6 Å². The van der Waals surface area contributed by atoms with Crippen LogP contribution in [0.5, 0.6) is 0 Å². The second-order valence-corrected chi connectivity index (χ2v) is 3.92. The molecule has 0 aromatic rings. The Balaban J connectivity index is 4.34. The van der Waals surface area contributed by atoms with Crippen LogP contribution in [0.25, 0.3) is 0 Å². The van der Waals surface area contributed by atoms with Gasteiger partial charge in [-0.1, -0.05) is 6.92 Å². The Bertz CT molecular complexity index is 321. The zero-order valence-electron chi connectivity index (χ0n) is 10.6. The minimum atomic E-state index is -1.35. The van der Waals surface area contributed by atoms with Gasteiger partial charge in [-0.2, -0.15) is 0 Å². The smallest absolute Gasteiger partial charge is 0.328 e. The predicted octanol–water partition coefficient (Wildman–Crippen LogP) is -1.54. The predicted molar refractivity (Wildman–Crippen MR) is 62.9 cm³/mol. The van der Waals surface area contributed by atoms with E-state index >= 15 is 0 Å². The average molecular weight is 261 g/mol. The third kappa shape index (κ3) is 5.00. The van der Waals surface area contributed by atoms with Crippen molar-refractivity contribution in [3.63, 3.8) is 0 Å². The molecule has 0 spiro atoms. The van der Waals surface area contributed by atoms with Gasteiger partial charge in [-0.25, -0.2) is 9.59 Å². The number of aliphatic hydroxyl groups is 1. The number of hydrogen-bond acceptors (Lipinski definition) is 4. The standard InChI is InChI=1S/C10H19N3O5/c1-6(8(15)11-2)4-13(3)10(18)12-7(5-14)9(16)17/h6-7,14H,4-5H2,1-3H3,(H,11,15)(H,12,18)(H,16,17)/t6?,7-/m0/s1. The first-order chi connectivity index (χ1) is 8.33. The highest BCUT2D eigenvalue weighted by Gasteiger charge is 2.22. The zero-order valence-corrected chi connectivity index (χ0v) is 10.6. The SMILES string of the molecule is CNC(=O)C(C)CN(C)C(=O)N[C@@H](CO)C(=O)O. The van der Waals surface area contributed by atoms with Gasteiger partial charge in [0.05, 0.1) is 12.5 Å². The molecule has 8 heteroatoms. The Labute approximate surface area is 105 Å². The van der Waals surface area contributed by atoms with E-state index in [1.807, 2.05) is 0 Å². The fourth-order valence-electron chi connectivity index (χ4n) is 1.27. The van der Waals surface area contributed by atoms with Gasteiger partial charge in [0.25, 0.3) is 0 Å². The minimum Gasteiger partial charge on any atom is -0.480 e. The molecule has 0 fully saturated rings. The van der Waals surface area contributed by atoms with E-state index in [0.717, 1.165) is 0 Å². The molecule has 0 saturated carbocycles. The molecule has 0 saturated heterocycles. The van der Waals surface area contributed by atoms with Crippen LogP contribution in [0.4, 0.5) is 4.79 Å². The van der Waals surface area contributed by atoms with Gasteiger partial charge in [0.2, 0.25) is 5.91 Å². The van der Waals surface area contributed by atoms with Crippen LogP contribution in [-0.2, 0) is 9.59 Å². The van der Waals surface area contributed by atoms with E-state index in [4.69, 9.17) is 10.2 Å². The van der Waals surface area contributed by atoms with E-state index in [9.17, 15) is 14.4 Å². The summed E-state index contributed by atoms with van der Waals surface area (Å²) in [6.07, 6.45) is 0. The number of aliphatic carboxylic acids is 1. The third-order valence-corrected chi connectivity index (χ3v) is 2.37. The first-order valence-corrected chi connectivity index (χ1v) is 5.40. The first-order valence-electron chi connectivity index (χ1n) is 5.40. The van der Waals surface area contributed by atoms with Gasteiger partial charge in [0, 0.05) is 20.6 Å². The van der Waals surface area contributed by atoms with Gasteiger partial charge in [-0.15, -0.1) is 0 Å². The lowest BCUT2D eigenvalue weighted by Crippen LogP contribution is -2.50. The molecule has 0 aromatic carbocycles. The Morgan fingerprint density at radius 3 is 2.28 bits per heavy atom. The zero-order chi connectivity index (χ0) is 14.3. The molecule has 2 atom stereocenters. The van der Waals surface area contributed by atoms with Crippen molar-refractivity contribution in [1.82, 2.24) is 15.5 Å². The lowest BCUT2D eigenvalue weighted by molar-refractivity contribution is -0.140. The summed E-state index contributed by atoms with van der Waals surface area (Å²) in [6.45, 7) is 1.09. The molecule has 4 N–H and O–H groups in total. The van der Waals surface area contributed by atoms with Crippen LogP contribution in [0.15, 0.2) is 0 Å². The molecule has 0 aliphatic rings. The quantitative estimate of drug-likeness (QED) is 0.462. The van der Waals surface area contributed by atoms with Crippen LogP contribution in [0.1, 0.15) is 6.92 Å². The Hall–Kier alpha value is -1.83. The van der Waals surface area contributed by atoms with Gasteiger partial charge >= 0.3 is 12.0 Å². The lowest BCUT2D eigenvalue weighted by atomic mass is 10.1. The van der Waals surface area contributed by atoms with Crippen LogP contribution in [-0.4, -0.2) is 66.3 Å². The van der Waals surface area contributed by atoms with Gasteiger partial charge < -0.3 is 25.7 Å². The van der Waals surface area contributed by atoms with Crippen LogP contribution in [0.3, 0.4) is 0 Å². The fraction of sp³-hybridized carbons (Fsp3) is 0.700. The van der Waals surface area contributed by atoms with E-state index in [1.165, 1.54) is 19.0 Å². The Kier molecular flexibility index (Phi) is 6.73. The average Bonchev–Trinajstić information content (AvgIpc) is 2.33. The van der Waals surface area contributed by atoms with E-state index in [-0.39, 0.29) is 12.5 Å². The second kappa shape index (κ2) is 7.49. The summed E-state index contributed by atoms with van der Waals surface area (Å²) in [5.74, 6) is -1.95. The van der Waals surface area contributed by atoms with E-state index in [1.54, 1.807) is 6.92 Å². The number of hydrogen-bond donors (Lipinski definition) is 4. The van der Waals surface area contributed by atoms with Crippen molar-refractivity contribution in [2.45, 2.75) is 13.0 Å². The maximum Gasteiger partial charge on any atom is 0.328 e. The van der Waals surface area contributed by atoms with E-state index in [2.05, 4.69) is 10.6 Å². The second-order valence-electron chi connectivity index (χ2n) is 3.92. The van der Waals surface area contributed by atoms with E-state index in [0.29, 0.717) is 0 Å². The Morgan fingerprint density at radius 1 is 1.33 bits per heavy atom. The molecule has 8 nitrogen and oxygen atoms in total. The number of rotatable bonds is 6. The van der Waals surface area contributed by atoms with Crippen molar-refractivity contribution in [2.24, 2.45) is 5.92 Å². The van der Waals surface area contributed by atoms with Crippen molar-refractivity contribution in [3.8, 4) is 0 Å². The van der Waals surface area contributed by atoms with Crippen molar-refractivity contribution >= 4 is 17.9 Å². The molecule has 0 rings (SSSR count). The Morgan fingerprint density at radius 2 is 1.89 bits per heavy atom. The van der Waals surface area contributed by atoms with Crippen molar-refractivity contribution in [3.05, 3.63) is 0 Å². The molecule has 1 unspecified atom stereocenters. The number of nitrogens with zero attached hydrogens (tertiary/aromatic N) is 1. The van der Waals surface area contributed by atoms with Gasteiger partial charge in [-0.05, 0) is 0 Å². The number of aliphatic hydroxyl groups excluding tert-OH is 1. The third-order valence-electron chi connectivity index (χ3n) is 2.37. The summed E-state index contributed by atoms with van der Waals surface area (Å²) in [4.78, 5) is 34.6. The van der Waals surface area contributed by atoms with Gasteiger partial charge in [-0.3, -0.25) is 4.79 Å². The number of nitrogens with one attached hydrogen (secondary N) is 2. The number of carbonyl (C=O) groups excluding carboxylic acids is 2. The van der Waals surface area contributed by atoms with Crippen LogP contribution >= 0.6 is 0 Å².